The smallest absolute Gasteiger partial charge is 0.410 e. The van der Waals surface area contributed by atoms with Gasteiger partial charge >= 0.3 is 12.2 Å². The van der Waals surface area contributed by atoms with Crippen molar-refractivity contribution in [3.63, 3.8) is 0 Å². The molecule has 0 aromatic carbocycles. The van der Waals surface area contributed by atoms with Gasteiger partial charge in [0.25, 0.3) is 0 Å². The number of hydrogen-bond donors (Lipinski definition) is 2. The van der Waals surface area contributed by atoms with Crippen molar-refractivity contribution in [2.75, 3.05) is 36.9 Å². The van der Waals surface area contributed by atoms with Crippen LogP contribution >= 0.6 is 0 Å². The zero-order valence-electron chi connectivity index (χ0n) is 25.5. The number of carbonyl (C=O) groups excluding carboxylic acids is 2. The van der Waals surface area contributed by atoms with Crippen LogP contribution in [-0.4, -0.2) is 98.8 Å². The minimum atomic E-state index is -0.546. The molecule has 2 unspecified atom stereocenters. The molecule has 2 atom stereocenters. The molecule has 4 saturated heterocycles. The van der Waals surface area contributed by atoms with E-state index in [9.17, 15) is 9.59 Å². The van der Waals surface area contributed by atoms with Crippen LogP contribution in [0.4, 0.5) is 21.2 Å². The number of rotatable bonds is 6. The van der Waals surface area contributed by atoms with E-state index in [-0.39, 0.29) is 36.4 Å². The van der Waals surface area contributed by atoms with Gasteiger partial charge in [0.1, 0.15) is 23.3 Å². The standard InChI is InChI=1S/C30H45N7O5/c1-18(2)24-15-31-37-26(14-25(34-27(24)37)32-19-8-10-40-11-9-19)33-20-12-21-6-7-22(13-20)36(21)29(39)41-23-16-35(17-23)28(38)42-30(3,4)5/h14-15,18-23,33H,6-13,16-17H2,1-5H3,(H,32,34). The Balaban J connectivity index is 1.10. The molecule has 2 amide bonds. The van der Waals surface area contributed by atoms with Crippen molar-refractivity contribution in [2.45, 2.75) is 115 Å². The zero-order valence-corrected chi connectivity index (χ0v) is 25.5. The number of piperidine rings is 1. The lowest BCUT2D eigenvalue weighted by atomic mass is 9.97. The third-order valence-electron chi connectivity index (χ3n) is 8.76. The van der Waals surface area contributed by atoms with Crippen molar-refractivity contribution in [3.05, 3.63) is 17.8 Å². The topological polar surface area (TPSA) is 123 Å². The molecule has 4 aliphatic heterocycles. The number of nitrogens with one attached hydrogen (secondary N) is 2. The molecular formula is C30H45N7O5. The minimum Gasteiger partial charge on any atom is -0.444 e. The fraction of sp³-hybridized carbons (Fsp3) is 0.733. The number of ether oxygens (including phenoxy) is 3. The van der Waals surface area contributed by atoms with E-state index >= 15 is 0 Å². The average molecular weight is 584 g/mol. The predicted molar refractivity (Wildman–Crippen MR) is 158 cm³/mol. The molecule has 2 N–H and O–H groups in total. The number of fused-ring (bicyclic) bond motifs is 3. The Hall–Kier alpha value is -3.28. The van der Waals surface area contributed by atoms with E-state index in [0.717, 1.165) is 74.6 Å². The van der Waals surface area contributed by atoms with Gasteiger partial charge in [0, 0.05) is 49.0 Å². The fourth-order valence-electron chi connectivity index (χ4n) is 6.61. The maximum atomic E-state index is 13.2. The first-order valence-corrected chi connectivity index (χ1v) is 15.5. The third kappa shape index (κ3) is 6.09. The first-order valence-electron chi connectivity index (χ1n) is 15.5. The second-order valence-electron chi connectivity index (χ2n) is 13.5. The summed E-state index contributed by atoms with van der Waals surface area (Å²) in [4.78, 5) is 33.9. The van der Waals surface area contributed by atoms with Gasteiger partial charge in [-0.2, -0.15) is 9.61 Å². The molecule has 42 heavy (non-hydrogen) atoms. The average Bonchev–Trinajstić information content (AvgIpc) is 3.44. The van der Waals surface area contributed by atoms with E-state index in [1.54, 1.807) is 4.90 Å². The highest BCUT2D eigenvalue weighted by Gasteiger charge is 2.46. The molecular weight excluding hydrogens is 538 g/mol. The van der Waals surface area contributed by atoms with Crippen LogP contribution in [0.5, 0.6) is 0 Å². The Morgan fingerprint density at radius 1 is 1.00 bits per heavy atom. The molecule has 12 nitrogen and oxygen atoms in total. The quantitative estimate of drug-likeness (QED) is 0.502. The number of hydrogen-bond acceptors (Lipinski definition) is 9. The molecule has 0 aliphatic carbocycles. The van der Waals surface area contributed by atoms with Gasteiger partial charge in [0.2, 0.25) is 0 Å². The third-order valence-corrected chi connectivity index (χ3v) is 8.76. The molecule has 0 spiro atoms. The number of likely N-dealkylation sites (tertiary alicyclic amines) is 1. The minimum absolute atomic E-state index is 0.122. The highest BCUT2D eigenvalue weighted by Crippen LogP contribution is 2.38. The Kier molecular flexibility index (Phi) is 7.84. The Morgan fingerprint density at radius 2 is 1.69 bits per heavy atom. The summed E-state index contributed by atoms with van der Waals surface area (Å²) in [6.07, 6.45) is 6.53. The largest absolute Gasteiger partial charge is 0.444 e. The van der Waals surface area contributed by atoms with Crippen LogP contribution in [0, 0.1) is 0 Å². The first-order chi connectivity index (χ1) is 20.0. The number of aromatic nitrogens is 3. The summed E-state index contributed by atoms with van der Waals surface area (Å²) in [6.45, 7) is 12.1. The van der Waals surface area contributed by atoms with Crippen molar-refractivity contribution in [2.24, 2.45) is 0 Å². The Labute approximate surface area is 247 Å². The number of carbonyl (C=O) groups is 2. The van der Waals surface area contributed by atoms with E-state index in [1.807, 2.05) is 36.4 Å². The molecule has 2 aromatic heterocycles. The second-order valence-corrected chi connectivity index (χ2v) is 13.5. The maximum Gasteiger partial charge on any atom is 0.410 e. The second kappa shape index (κ2) is 11.4. The number of nitrogens with zero attached hydrogens (tertiary/aromatic N) is 5. The van der Waals surface area contributed by atoms with Crippen molar-refractivity contribution in [3.8, 4) is 0 Å². The summed E-state index contributed by atoms with van der Waals surface area (Å²) in [6, 6.07) is 2.85. The van der Waals surface area contributed by atoms with Crippen molar-refractivity contribution in [1.29, 1.82) is 0 Å². The number of anilines is 2. The van der Waals surface area contributed by atoms with Gasteiger partial charge < -0.3 is 34.6 Å². The molecule has 4 aliphatic rings. The zero-order chi connectivity index (χ0) is 29.6. The summed E-state index contributed by atoms with van der Waals surface area (Å²) < 4.78 is 18.7. The van der Waals surface area contributed by atoms with Crippen molar-refractivity contribution >= 4 is 29.5 Å². The molecule has 4 fully saturated rings. The normalized spacial score (nSPS) is 25.0. The van der Waals surface area contributed by atoms with Gasteiger partial charge in [-0.1, -0.05) is 13.8 Å². The molecule has 6 rings (SSSR count). The van der Waals surface area contributed by atoms with Crippen LogP contribution in [0.15, 0.2) is 12.3 Å². The van der Waals surface area contributed by atoms with E-state index < -0.39 is 5.60 Å². The van der Waals surface area contributed by atoms with Crippen LogP contribution in [0.25, 0.3) is 5.65 Å². The molecule has 230 valence electrons. The highest BCUT2D eigenvalue weighted by atomic mass is 16.6. The fourth-order valence-corrected chi connectivity index (χ4v) is 6.61. The molecule has 2 aromatic rings. The summed E-state index contributed by atoms with van der Waals surface area (Å²) in [5, 5.41) is 12.1. The van der Waals surface area contributed by atoms with Crippen LogP contribution in [0.1, 0.15) is 84.6 Å². The van der Waals surface area contributed by atoms with Crippen LogP contribution in [0.2, 0.25) is 0 Å². The molecule has 0 radical (unpaired) electrons. The van der Waals surface area contributed by atoms with E-state index in [4.69, 9.17) is 24.3 Å². The van der Waals surface area contributed by atoms with Gasteiger partial charge in [-0.05, 0) is 65.2 Å². The monoisotopic (exact) mass is 583 g/mol. The van der Waals surface area contributed by atoms with Crippen molar-refractivity contribution in [1.82, 2.24) is 24.4 Å². The van der Waals surface area contributed by atoms with Gasteiger partial charge in [-0.15, -0.1) is 0 Å². The van der Waals surface area contributed by atoms with Crippen molar-refractivity contribution < 1.29 is 23.8 Å². The Bertz CT molecular complexity index is 1280. The van der Waals surface area contributed by atoms with Gasteiger partial charge in [0.15, 0.2) is 5.65 Å². The molecule has 2 bridgehead atoms. The lowest BCUT2D eigenvalue weighted by Gasteiger charge is -2.42. The molecule has 0 saturated carbocycles. The summed E-state index contributed by atoms with van der Waals surface area (Å²) >= 11 is 0. The van der Waals surface area contributed by atoms with Crippen LogP contribution < -0.4 is 10.6 Å². The van der Waals surface area contributed by atoms with E-state index in [2.05, 4.69) is 30.5 Å². The molecule has 12 heteroatoms. The molecule has 6 heterocycles. The van der Waals surface area contributed by atoms with Gasteiger partial charge in [-0.25, -0.2) is 14.6 Å². The maximum absolute atomic E-state index is 13.2. The highest BCUT2D eigenvalue weighted by molar-refractivity contribution is 5.72. The predicted octanol–water partition coefficient (Wildman–Crippen LogP) is 4.61. The van der Waals surface area contributed by atoms with Crippen LogP contribution in [0.3, 0.4) is 0 Å². The first kappa shape index (κ1) is 28.8. The van der Waals surface area contributed by atoms with Gasteiger partial charge in [0.05, 0.1) is 19.3 Å². The number of amides is 2. The van der Waals surface area contributed by atoms with E-state index in [0.29, 0.717) is 25.0 Å². The lowest BCUT2D eigenvalue weighted by molar-refractivity contribution is -0.0485. The van der Waals surface area contributed by atoms with Crippen LogP contribution in [-0.2, 0) is 14.2 Å². The van der Waals surface area contributed by atoms with E-state index in [1.165, 1.54) is 0 Å². The Morgan fingerprint density at radius 3 is 2.33 bits per heavy atom. The van der Waals surface area contributed by atoms with Gasteiger partial charge in [-0.3, -0.25) is 0 Å². The summed E-state index contributed by atoms with van der Waals surface area (Å²) in [5.41, 5.74) is 1.44. The lowest BCUT2D eigenvalue weighted by Crippen LogP contribution is -2.58. The summed E-state index contributed by atoms with van der Waals surface area (Å²) in [7, 11) is 0. The summed E-state index contributed by atoms with van der Waals surface area (Å²) in [5.74, 6) is 2.07. The SMILES string of the molecule is CC(C)c1cnn2c(NC3CC4CCC(C3)N4C(=O)OC3CN(C(=O)OC(C)(C)C)C3)cc(NC3CCOCC3)nc12.